The Morgan fingerprint density at radius 1 is 1.20 bits per heavy atom. The highest BCUT2D eigenvalue weighted by atomic mass is 32.2. The number of amides is 1. The Kier molecular flexibility index (Phi) is 5.65. The zero-order chi connectivity index (χ0) is 19.6. The van der Waals surface area contributed by atoms with Gasteiger partial charge in [0, 0.05) is 19.2 Å². The van der Waals surface area contributed by atoms with Gasteiger partial charge in [0.15, 0.2) is 5.69 Å². The standard InChI is InChI=1S/C12H16N4O8S/c1-7-5-8(15(18)19)10(9(6-7)16(20)21)14-12(2,11(17)13-3)24-25(4,22)23/h5-6,14H,1-4H3,(H,13,17). The summed E-state index contributed by atoms with van der Waals surface area (Å²) in [6, 6.07) is 2.08. The maximum Gasteiger partial charge on any atom is 0.299 e. The number of benzene rings is 1. The number of likely N-dealkylation sites (N-methyl/N-ethyl adjacent to an activating group) is 1. The van der Waals surface area contributed by atoms with Gasteiger partial charge in [-0.1, -0.05) is 0 Å². The number of hydrogen-bond donors (Lipinski definition) is 2. The molecule has 0 fully saturated rings. The molecule has 1 aromatic carbocycles. The van der Waals surface area contributed by atoms with Gasteiger partial charge >= 0.3 is 0 Å². The normalized spacial score (nSPS) is 13.6. The fraction of sp³-hybridized carbons (Fsp3) is 0.417. The molecule has 0 radical (unpaired) electrons. The molecular weight excluding hydrogens is 360 g/mol. The van der Waals surface area contributed by atoms with Gasteiger partial charge in [0.1, 0.15) is 0 Å². The van der Waals surface area contributed by atoms with Crippen LogP contribution in [0.2, 0.25) is 0 Å². The highest BCUT2D eigenvalue weighted by Crippen LogP contribution is 2.37. The van der Waals surface area contributed by atoms with Crippen LogP contribution in [0.3, 0.4) is 0 Å². The summed E-state index contributed by atoms with van der Waals surface area (Å²) < 4.78 is 27.6. The zero-order valence-corrected chi connectivity index (χ0v) is 14.5. The molecule has 1 unspecified atom stereocenters. The molecule has 0 saturated carbocycles. The van der Waals surface area contributed by atoms with E-state index in [1.165, 1.54) is 14.0 Å². The molecule has 1 amide bonds. The van der Waals surface area contributed by atoms with E-state index in [2.05, 4.69) is 14.8 Å². The molecule has 0 saturated heterocycles. The molecule has 0 heterocycles. The van der Waals surface area contributed by atoms with Gasteiger partial charge in [-0.3, -0.25) is 25.0 Å². The van der Waals surface area contributed by atoms with Crippen LogP contribution >= 0.6 is 0 Å². The van der Waals surface area contributed by atoms with Crippen molar-refractivity contribution in [2.45, 2.75) is 19.6 Å². The van der Waals surface area contributed by atoms with E-state index < -0.39 is 48.7 Å². The van der Waals surface area contributed by atoms with E-state index in [0.717, 1.165) is 19.1 Å². The molecule has 13 heteroatoms. The van der Waals surface area contributed by atoms with Gasteiger partial charge in [0.05, 0.1) is 16.1 Å². The van der Waals surface area contributed by atoms with Crippen molar-refractivity contribution in [3.8, 4) is 0 Å². The minimum absolute atomic E-state index is 0.231. The summed E-state index contributed by atoms with van der Waals surface area (Å²) in [6.45, 7) is 2.38. The number of nitrogens with one attached hydrogen (secondary N) is 2. The van der Waals surface area contributed by atoms with Crippen LogP contribution in [0.15, 0.2) is 12.1 Å². The minimum atomic E-state index is -4.19. The van der Waals surface area contributed by atoms with Crippen LogP contribution in [0.4, 0.5) is 17.1 Å². The summed E-state index contributed by atoms with van der Waals surface area (Å²) in [4.78, 5) is 32.7. The molecule has 1 rings (SSSR count). The van der Waals surface area contributed by atoms with E-state index in [0.29, 0.717) is 6.26 Å². The molecule has 138 valence electrons. The van der Waals surface area contributed by atoms with Crippen LogP contribution in [0.25, 0.3) is 0 Å². The molecule has 0 aliphatic heterocycles. The average Bonchev–Trinajstić information content (AvgIpc) is 2.45. The molecule has 2 N–H and O–H groups in total. The smallest absolute Gasteiger partial charge is 0.299 e. The maximum absolute atomic E-state index is 12.0. The van der Waals surface area contributed by atoms with E-state index in [-0.39, 0.29) is 5.56 Å². The van der Waals surface area contributed by atoms with E-state index >= 15 is 0 Å². The third-order valence-electron chi connectivity index (χ3n) is 2.98. The summed E-state index contributed by atoms with van der Waals surface area (Å²) in [7, 11) is -3.02. The van der Waals surface area contributed by atoms with Crippen molar-refractivity contribution >= 4 is 33.1 Å². The molecule has 0 spiro atoms. The third kappa shape index (κ3) is 4.84. The number of nitrogens with zero attached hydrogens (tertiary/aromatic N) is 2. The number of nitro benzene ring substituents is 2. The van der Waals surface area contributed by atoms with Gasteiger partial charge in [-0.2, -0.15) is 8.42 Å². The van der Waals surface area contributed by atoms with Gasteiger partial charge in [-0.05, 0) is 19.4 Å². The zero-order valence-electron chi connectivity index (χ0n) is 13.7. The lowest BCUT2D eigenvalue weighted by molar-refractivity contribution is -0.392. The summed E-state index contributed by atoms with van der Waals surface area (Å²) in [6.07, 6.45) is 0.661. The van der Waals surface area contributed by atoms with Gasteiger partial charge in [-0.15, -0.1) is 0 Å². The van der Waals surface area contributed by atoms with Crippen LogP contribution in [0.5, 0.6) is 0 Å². The molecule has 25 heavy (non-hydrogen) atoms. The Bertz CT molecular complexity index is 803. The lowest BCUT2D eigenvalue weighted by Crippen LogP contribution is -2.52. The molecule has 12 nitrogen and oxygen atoms in total. The predicted octanol–water partition coefficient (Wildman–Crippen LogP) is 0.662. The highest BCUT2D eigenvalue weighted by molar-refractivity contribution is 7.86. The molecule has 0 aliphatic carbocycles. The molecular formula is C12H16N4O8S. The van der Waals surface area contributed by atoms with Gasteiger partial charge in [-0.25, -0.2) is 4.18 Å². The molecule has 0 bridgehead atoms. The van der Waals surface area contributed by atoms with Crippen molar-refractivity contribution < 1.29 is 27.2 Å². The number of nitro groups is 2. The number of aryl methyl sites for hydroxylation is 1. The maximum atomic E-state index is 12.0. The van der Waals surface area contributed by atoms with Crippen molar-refractivity contribution in [2.75, 3.05) is 18.6 Å². The summed E-state index contributed by atoms with van der Waals surface area (Å²) in [5.74, 6) is -1.01. The third-order valence-corrected chi connectivity index (χ3v) is 3.61. The second kappa shape index (κ2) is 6.98. The molecule has 1 aromatic rings. The van der Waals surface area contributed by atoms with Crippen LogP contribution in [-0.2, 0) is 19.1 Å². The summed E-state index contributed by atoms with van der Waals surface area (Å²) in [5.41, 5.74) is -4.20. The number of anilines is 1. The molecule has 0 aromatic heterocycles. The van der Waals surface area contributed by atoms with Gasteiger partial charge in [0.2, 0.25) is 5.72 Å². The topological polar surface area (TPSA) is 171 Å². The fourth-order valence-electron chi connectivity index (χ4n) is 2.06. The van der Waals surface area contributed by atoms with Crippen LogP contribution < -0.4 is 10.6 Å². The predicted molar refractivity (Wildman–Crippen MR) is 86.5 cm³/mol. The van der Waals surface area contributed by atoms with Crippen molar-refractivity contribution in [1.29, 1.82) is 0 Å². The highest BCUT2D eigenvalue weighted by Gasteiger charge is 2.41. The van der Waals surface area contributed by atoms with E-state index in [4.69, 9.17) is 0 Å². The fourth-order valence-corrected chi connectivity index (χ4v) is 2.78. The average molecular weight is 376 g/mol. The van der Waals surface area contributed by atoms with Gasteiger partial charge in [0.25, 0.3) is 27.4 Å². The van der Waals surface area contributed by atoms with E-state index in [1.807, 2.05) is 0 Å². The SMILES string of the molecule is CNC(=O)C(C)(Nc1c([N+](=O)[O-])cc(C)cc1[N+](=O)[O-])OS(C)(=O)=O. The number of hydrogen-bond acceptors (Lipinski definition) is 9. The lowest BCUT2D eigenvalue weighted by Gasteiger charge is -2.28. The first kappa shape index (κ1) is 20.2. The van der Waals surface area contributed by atoms with Crippen molar-refractivity contribution in [1.82, 2.24) is 5.32 Å². The second-order valence-corrected chi connectivity index (χ2v) is 6.79. The number of carbonyl (C=O) groups excluding carboxylic acids is 1. The summed E-state index contributed by atoms with van der Waals surface area (Å²) >= 11 is 0. The Labute approximate surface area is 142 Å². The molecule has 0 aliphatic rings. The van der Waals surface area contributed by atoms with E-state index in [1.54, 1.807) is 0 Å². The first-order valence-corrected chi connectivity index (χ1v) is 8.47. The monoisotopic (exact) mass is 376 g/mol. The Balaban J connectivity index is 3.64. The van der Waals surface area contributed by atoms with Crippen LogP contribution in [-0.4, -0.2) is 43.2 Å². The minimum Gasteiger partial charge on any atom is -0.355 e. The Hall–Kier alpha value is -2.80. The van der Waals surface area contributed by atoms with Crippen molar-refractivity contribution in [3.05, 3.63) is 37.9 Å². The Morgan fingerprint density at radius 2 is 1.64 bits per heavy atom. The Morgan fingerprint density at radius 3 is 1.96 bits per heavy atom. The van der Waals surface area contributed by atoms with Gasteiger partial charge < -0.3 is 10.6 Å². The van der Waals surface area contributed by atoms with Crippen molar-refractivity contribution in [2.24, 2.45) is 0 Å². The molecule has 1 atom stereocenters. The van der Waals surface area contributed by atoms with Crippen LogP contribution in [0, 0.1) is 27.2 Å². The quantitative estimate of drug-likeness (QED) is 0.300. The van der Waals surface area contributed by atoms with E-state index in [9.17, 15) is 33.4 Å². The summed E-state index contributed by atoms with van der Waals surface area (Å²) in [5, 5.41) is 26.8. The first-order chi connectivity index (χ1) is 11.3. The van der Waals surface area contributed by atoms with Crippen LogP contribution in [0.1, 0.15) is 12.5 Å². The van der Waals surface area contributed by atoms with Crippen molar-refractivity contribution in [3.63, 3.8) is 0 Å². The lowest BCUT2D eigenvalue weighted by atomic mass is 10.1. The number of rotatable bonds is 7. The largest absolute Gasteiger partial charge is 0.355 e. The first-order valence-electron chi connectivity index (χ1n) is 6.65. The number of carbonyl (C=O) groups is 1. The second-order valence-electron chi connectivity index (χ2n) is 5.22.